The Bertz CT molecular complexity index is 1620. The van der Waals surface area contributed by atoms with Crippen LogP contribution in [0.1, 0.15) is 5.56 Å². The maximum atomic E-state index is 5.28. The van der Waals surface area contributed by atoms with E-state index in [1.165, 1.54) is 0 Å². The van der Waals surface area contributed by atoms with Gasteiger partial charge in [0.15, 0.2) is 0 Å². The first-order valence-corrected chi connectivity index (χ1v) is 13.0. The maximum absolute atomic E-state index is 5.28. The quantitative estimate of drug-likeness (QED) is 0.124. The van der Waals surface area contributed by atoms with Crippen LogP contribution in [0.4, 0.5) is 5.69 Å². The summed E-state index contributed by atoms with van der Waals surface area (Å²) in [4.78, 5) is 0. The molecule has 0 fully saturated rings. The normalized spacial score (nSPS) is 11.2. The van der Waals surface area contributed by atoms with Gasteiger partial charge in [-0.15, -0.1) is 4.68 Å². The number of pyridine rings is 1. The highest BCUT2D eigenvalue weighted by Crippen LogP contribution is 2.30. The van der Waals surface area contributed by atoms with Gasteiger partial charge < -0.3 is 5.32 Å². The second-order valence-corrected chi connectivity index (χ2v) is 9.16. The van der Waals surface area contributed by atoms with E-state index in [-0.39, 0.29) is 0 Å². The highest BCUT2D eigenvalue weighted by Gasteiger charge is 2.21. The summed E-state index contributed by atoms with van der Waals surface area (Å²) in [5.41, 5.74) is 8.18. The minimum Gasteiger partial charge on any atom is -0.431 e. The number of hydrogen-bond donors (Lipinski definition) is 0. The van der Waals surface area contributed by atoms with Gasteiger partial charge in [-0.3, -0.25) is 0 Å². The standard InChI is InChI=1S/C36H27N3/c1-6-16-28(17-7-1)32-26-34(29-18-8-2-9-19-29)39(35(27-32)30-20-10-3-11-21-30)38-36(31-22-12-4-13-23-31)37-33-24-14-5-15-25-33/h1-27H. The number of hydrogen-bond acceptors (Lipinski definition) is 1. The molecular formula is C36H27N3. The molecule has 6 rings (SSSR count). The molecule has 39 heavy (non-hydrogen) atoms. The largest absolute Gasteiger partial charge is 0.431 e. The molecule has 0 aliphatic rings. The van der Waals surface area contributed by atoms with Crippen molar-refractivity contribution in [1.82, 2.24) is 0 Å². The Morgan fingerprint density at radius 2 is 0.846 bits per heavy atom. The Kier molecular flexibility index (Phi) is 7.04. The Morgan fingerprint density at radius 1 is 0.436 bits per heavy atom. The van der Waals surface area contributed by atoms with Crippen LogP contribution in [0.15, 0.2) is 169 Å². The van der Waals surface area contributed by atoms with E-state index in [4.69, 9.17) is 10.4 Å². The monoisotopic (exact) mass is 501 g/mol. The van der Waals surface area contributed by atoms with E-state index in [1.807, 2.05) is 71.4 Å². The molecule has 3 heteroatoms. The van der Waals surface area contributed by atoms with Crippen LogP contribution in [-0.2, 0) is 0 Å². The molecule has 0 bridgehead atoms. The molecule has 0 aliphatic carbocycles. The Hall–Kier alpha value is -5.28. The summed E-state index contributed by atoms with van der Waals surface area (Å²) in [5, 5.41) is 10.3. The van der Waals surface area contributed by atoms with Crippen molar-refractivity contribution < 1.29 is 4.68 Å². The van der Waals surface area contributed by atoms with Gasteiger partial charge in [0.2, 0.25) is 11.4 Å². The average molecular weight is 502 g/mol. The summed E-state index contributed by atoms with van der Waals surface area (Å²) in [6, 6.07) is 55.9. The Labute approximate surface area is 229 Å². The summed E-state index contributed by atoms with van der Waals surface area (Å²) in [5.74, 6) is 0.633. The van der Waals surface area contributed by atoms with Crippen molar-refractivity contribution in [2.75, 3.05) is 0 Å². The van der Waals surface area contributed by atoms with Crippen LogP contribution < -0.4 is 4.68 Å². The van der Waals surface area contributed by atoms with Gasteiger partial charge in [0.25, 0.3) is 0 Å². The predicted octanol–water partition coefficient (Wildman–Crippen LogP) is 8.89. The van der Waals surface area contributed by atoms with Gasteiger partial charge in [-0.1, -0.05) is 127 Å². The first-order chi connectivity index (χ1) is 19.3. The molecule has 0 atom stereocenters. The molecule has 0 unspecified atom stereocenters. The van der Waals surface area contributed by atoms with E-state index in [0.717, 1.165) is 44.9 Å². The zero-order valence-electron chi connectivity index (χ0n) is 21.4. The molecule has 1 aromatic heterocycles. The molecule has 0 saturated heterocycles. The fourth-order valence-electron chi connectivity index (χ4n) is 4.57. The van der Waals surface area contributed by atoms with Gasteiger partial charge in [-0.2, -0.15) is 5.10 Å². The fourth-order valence-corrected chi connectivity index (χ4v) is 4.57. The lowest BCUT2D eigenvalue weighted by atomic mass is 10.00. The zero-order chi connectivity index (χ0) is 26.3. The summed E-state index contributed by atoms with van der Waals surface area (Å²) in [7, 11) is 0. The van der Waals surface area contributed by atoms with Crippen molar-refractivity contribution in [2.24, 2.45) is 5.10 Å². The second-order valence-electron chi connectivity index (χ2n) is 9.16. The molecule has 5 aromatic carbocycles. The van der Waals surface area contributed by atoms with Crippen molar-refractivity contribution in [3.63, 3.8) is 0 Å². The van der Waals surface area contributed by atoms with Crippen molar-refractivity contribution in [2.45, 2.75) is 0 Å². The summed E-state index contributed by atoms with van der Waals surface area (Å²) >= 11 is 0. The van der Waals surface area contributed by atoms with E-state index < -0.39 is 0 Å². The lowest BCUT2D eigenvalue weighted by Crippen LogP contribution is -2.35. The molecule has 0 aliphatic heterocycles. The smallest absolute Gasteiger partial charge is 0.226 e. The maximum Gasteiger partial charge on any atom is 0.226 e. The topological polar surface area (TPSA) is 30.3 Å². The van der Waals surface area contributed by atoms with Gasteiger partial charge in [-0.25, -0.2) is 0 Å². The number of aromatic nitrogens is 1. The molecule has 3 nitrogen and oxygen atoms in total. The van der Waals surface area contributed by atoms with Crippen molar-refractivity contribution in [3.8, 4) is 33.6 Å². The lowest BCUT2D eigenvalue weighted by Gasteiger charge is -2.19. The Balaban J connectivity index is 1.65. The molecular weight excluding hydrogens is 474 g/mol. The first-order valence-electron chi connectivity index (χ1n) is 13.0. The molecule has 186 valence electrons. The predicted molar refractivity (Wildman–Crippen MR) is 161 cm³/mol. The van der Waals surface area contributed by atoms with E-state index in [1.54, 1.807) is 0 Å². The van der Waals surface area contributed by atoms with Gasteiger partial charge in [-0.05, 0) is 46.6 Å². The van der Waals surface area contributed by atoms with E-state index >= 15 is 0 Å². The van der Waals surface area contributed by atoms with E-state index in [2.05, 4.69) is 97.1 Å². The van der Waals surface area contributed by atoms with Gasteiger partial charge >= 0.3 is 0 Å². The third-order valence-electron chi connectivity index (χ3n) is 6.50. The number of rotatable bonds is 6. The Morgan fingerprint density at radius 3 is 1.33 bits per heavy atom. The third kappa shape index (κ3) is 5.53. The van der Waals surface area contributed by atoms with Crippen molar-refractivity contribution >= 4 is 11.5 Å². The summed E-state index contributed by atoms with van der Waals surface area (Å²) in [6.07, 6.45) is 0. The SMILES string of the molecule is c1ccc([N-]C(=N[n+]2c(-c3ccccc3)cc(-c3ccccc3)cc2-c2ccccc2)c2ccccc2)cc1. The van der Waals surface area contributed by atoms with Crippen molar-refractivity contribution in [3.05, 3.63) is 175 Å². The van der Waals surface area contributed by atoms with E-state index in [0.29, 0.717) is 5.84 Å². The highest BCUT2D eigenvalue weighted by molar-refractivity contribution is 6.12. The molecule has 0 amide bonds. The fraction of sp³-hybridized carbons (Fsp3) is 0. The van der Waals surface area contributed by atoms with Crippen molar-refractivity contribution in [1.29, 1.82) is 0 Å². The number of nitrogens with zero attached hydrogens (tertiary/aromatic N) is 3. The number of para-hydroxylation sites is 1. The molecule has 0 N–H and O–H groups in total. The minimum atomic E-state index is 0.633. The molecule has 6 aromatic rings. The lowest BCUT2D eigenvalue weighted by molar-refractivity contribution is -0.656. The molecule has 0 spiro atoms. The van der Waals surface area contributed by atoms with Crippen LogP contribution in [0, 0.1) is 0 Å². The summed E-state index contributed by atoms with van der Waals surface area (Å²) < 4.78 is 2.03. The highest BCUT2D eigenvalue weighted by atomic mass is 15.4. The van der Waals surface area contributed by atoms with Crippen LogP contribution in [0.5, 0.6) is 0 Å². The van der Waals surface area contributed by atoms with Crippen LogP contribution in [0.3, 0.4) is 0 Å². The van der Waals surface area contributed by atoms with Crippen LogP contribution >= 0.6 is 0 Å². The van der Waals surface area contributed by atoms with Crippen LogP contribution in [-0.4, -0.2) is 5.84 Å². The van der Waals surface area contributed by atoms with Gasteiger partial charge in [0.05, 0.1) is 0 Å². The van der Waals surface area contributed by atoms with Crippen LogP contribution in [0.25, 0.3) is 39.0 Å². The molecule has 0 radical (unpaired) electrons. The zero-order valence-corrected chi connectivity index (χ0v) is 21.4. The number of benzene rings is 5. The third-order valence-corrected chi connectivity index (χ3v) is 6.50. The number of amidine groups is 1. The molecule has 0 saturated carbocycles. The second kappa shape index (κ2) is 11.4. The molecule has 1 heterocycles. The van der Waals surface area contributed by atoms with Crippen LogP contribution in [0.2, 0.25) is 0 Å². The first kappa shape index (κ1) is 24.1. The van der Waals surface area contributed by atoms with E-state index in [9.17, 15) is 0 Å². The average Bonchev–Trinajstić information content (AvgIpc) is 3.03. The van der Waals surface area contributed by atoms with Gasteiger partial charge in [0, 0.05) is 29.1 Å². The van der Waals surface area contributed by atoms with Gasteiger partial charge in [0.1, 0.15) is 0 Å². The summed E-state index contributed by atoms with van der Waals surface area (Å²) in [6.45, 7) is 0. The minimum absolute atomic E-state index is 0.633.